The molecule has 1 aliphatic carbocycles. The van der Waals surface area contributed by atoms with Crippen molar-refractivity contribution in [3.05, 3.63) is 26.6 Å². The molecule has 6 nitrogen and oxygen atoms in total. The van der Waals surface area contributed by atoms with Gasteiger partial charge in [0.25, 0.3) is 5.91 Å². The zero-order valence-corrected chi connectivity index (χ0v) is 17.9. The van der Waals surface area contributed by atoms with Crippen molar-refractivity contribution in [1.29, 1.82) is 0 Å². The van der Waals surface area contributed by atoms with E-state index in [1.54, 1.807) is 0 Å². The number of carbonyl (C=O) groups is 3. The lowest BCUT2D eigenvalue weighted by Gasteiger charge is -2.36. The molecule has 1 aromatic rings. The third-order valence-corrected chi connectivity index (χ3v) is 6.50. The predicted octanol–water partition coefficient (Wildman–Crippen LogP) is 3.96. The van der Waals surface area contributed by atoms with Crippen molar-refractivity contribution in [1.82, 2.24) is 10.2 Å². The number of amides is 4. The van der Waals surface area contributed by atoms with Crippen LogP contribution in [0.3, 0.4) is 0 Å². The molecule has 0 bridgehead atoms. The van der Waals surface area contributed by atoms with Crippen LogP contribution in [0.2, 0.25) is 0 Å². The van der Waals surface area contributed by atoms with Gasteiger partial charge in [-0.1, -0.05) is 19.8 Å². The Morgan fingerprint density at radius 1 is 1.31 bits per heavy atom. The van der Waals surface area contributed by atoms with Gasteiger partial charge in [-0.15, -0.1) is 0 Å². The summed E-state index contributed by atoms with van der Waals surface area (Å²) in [5, 5.41) is 5.63. The molecule has 1 saturated heterocycles. The Hall–Kier alpha value is -1.41. The quantitative estimate of drug-likeness (QED) is 0.634. The number of rotatable bonds is 3. The predicted molar refractivity (Wildman–Crippen MR) is 106 cm³/mol. The topological polar surface area (TPSA) is 78.5 Å². The van der Waals surface area contributed by atoms with Crippen LogP contribution in [0.5, 0.6) is 0 Å². The van der Waals surface area contributed by atoms with Crippen LogP contribution >= 0.6 is 31.9 Å². The van der Waals surface area contributed by atoms with Crippen molar-refractivity contribution in [3.8, 4) is 0 Å². The lowest BCUT2D eigenvalue weighted by molar-refractivity contribution is -0.136. The van der Waals surface area contributed by atoms with Gasteiger partial charge in [0, 0.05) is 8.95 Å². The second-order valence-electron chi connectivity index (χ2n) is 7.09. The Morgan fingerprint density at radius 2 is 1.96 bits per heavy atom. The van der Waals surface area contributed by atoms with E-state index in [-0.39, 0.29) is 18.4 Å². The van der Waals surface area contributed by atoms with E-state index in [0.29, 0.717) is 12.1 Å². The van der Waals surface area contributed by atoms with Crippen LogP contribution in [-0.2, 0) is 9.59 Å². The maximum atomic E-state index is 12.9. The molecule has 26 heavy (non-hydrogen) atoms. The lowest BCUT2D eigenvalue weighted by atomic mass is 9.73. The van der Waals surface area contributed by atoms with E-state index >= 15 is 0 Å². The molecule has 1 spiro atoms. The summed E-state index contributed by atoms with van der Waals surface area (Å²) in [6.07, 6.45) is 3.49. The minimum absolute atomic E-state index is 0.0705. The Morgan fingerprint density at radius 3 is 2.58 bits per heavy atom. The molecule has 2 N–H and O–H groups in total. The number of urea groups is 1. The highest BCUT2D eigenvalue weighted by molar-refractivity contribution is 9.11. The lowest BCUT2D eigenvalue weighted by Crippen LogP contribution is -2.54. The summed E-state index contributed by atoms with van der Waals surface area (Å²) in [7, 11) is 0. The molecule has 0 radical (unpaired) electrons. The van der Waals surface area contributed by atoms with Gasteiger partial charge in [-0.2, -0.15) is 0 Å². The molecule has 2 aliphatic rings. The molecule has 0 aromatic heterocycles. The van der Waals surface area contributed by atoms with Crippen LogP contribution in [0.4, 0.5) is 10.5 Å². The summed E-state index contributed by atoms with van der Waals surface area (Å²) in [6.45, 7) is 3.63. The Bertz CT molecular complexity index is 760. The number of hydrogen-bond donors (Lipinski definition) is 2. The van der Waals surface area contributed by atoms with Crippen molar-refractivity contribution >= 4 is 55.4 Å². The van der Waals surface area contributed by atoms with Crippen molar-refractivity contribution in [3.63, 3.8) is 0 Å². The van der Waals surface area contributed by atoms with E-state index in [4.69, 9.17) is 0 Å². The molecular formula is C18H21Br2N3O3. The van der Waals surface area contributed by atoms with Crippen LogP contribution in [-0.4, -0.2) is 34.8 Å². The summed E-state index contributed by atoms with van der Waals surface area (Å²) in [4.78, 5) is 38.8. The summed E-state index contributed by atoms with van der Waals surface area (Å²) in [5.41, 5.74) is 0.762. The fraction of sp³-hybridized carbons (Fsp3) is 0.500. The van der Waals surface area contributed by atoms with Gasteiger partial charge in [0.15, 0.2) is 0 Å². The largest absolute Gasteiger partial charge is 0.325 e. The highest BCUT2D eigenvalue weighted by Crippen LogP contribution is 2.38. The van der Waals surface area contributed by atoms with Gasteiger partial charge in [0.05, 0.1) is 5.69 Å². The number of carbonyl (C=O) groups excluding carboxylic acids is 3. The van der Waals surface area contributed by atoms with E-state index in [0.717, 1.165) is 38.7 Å². The first-order chi connectivity index (χ1) is 12.2. The van der Waals surface area contributed by atoms with E-state index in [9.17, 15) is 14.4 Å². The fourth-order valence-corrected chi connectivity index (χ4v) is 5.39. The van der Waals surface area contributed by atoms with E-state index < -0.39 is 17.5 Å². The highest BCUT2D eigenvalue weighted by Gasteiger charge is 2.55. The van der Waals surface area contributed by atoms with E-state index in [1.165, 1.54) is 0 Å². The van der Waals surface area contributed by atoms with Crippen LogP contribution in [0, 0.1) is 12.8 Å². The standard InChI is InChI=1S/C18H21Br2N3O3/c1-10-7-12(19)15(13(20)8-10)21-14(24)9-23-16(25)18(22-17(23)26)6-4-3-5-11(18)2/h7-8,11H,3-6,9H2,1-2H3,(H,21,24)(H,22,26)/t11-,18-/m1/s1. The van der Waals surface area contributed by atoms with E-state index in [2.05, 4.69) is 42.5 Å². The normalized spacial score (nSPS) is 25.5. The number of halogens is 2. The van der Waals surface area contributed by atoms with Crippen molar-refractivity contribution in [2.75, 3.05) is 11.9 Å². The maximum absolute atomic E-state index is 12.9. The summed E-state index contributed by atoms with van der Waals surface area (Å²) in [6, 6.07) is 3.28. The highest BCUT2D eigenvalue weighted by atomic mass is 79.9. The van der Waals surface area contributed by atoms with Gasteiger partial charge in [0.1, 0.15) is 12.1 Å². The van der Waals surface area contributed by atoms with Gasteiger partial charge in [0.2, 0.25) is 5.91 Å². The van der Waals surface area contributed by atoms with E-state index in [1.807, 2.05) is 26.0 Å². The number of imide groups is 1. The van der Waals surface area contributed by atoms with Gasteiger partial charge >= 0.3 is 6.03 Å². The zero-order chi connectivity index (χ0) is 19.1. The molecule has 4 amide bonds. The molecule has 1 heterocycles. The number of anilines is 1. The molecule has 1 aliphatic heterocycles. The van der Waals surface area contributed by atoms with Crippen LogP contribution < -0.4 is 10.6 Å². The number of aryl methyl sites for hydroxylation is 1. The molecule has 0 unspecified atom stereocenters. The third kappa shape index (κ3) is 3.41. The molecule has 2 atom stereocenters. The fourth-order valence-electron chi connectivity index (χ4n) is 3.78. The smallest absolute Gasteiger partial charge is 0.323 e. The SMILES string of the molecule is Cc1cc(Br)c(NC(=O)CN2C(=O)N[C@@]3(CCCC[C@H]3C)C2=O)c(Br)c1. The van der Waals surface area contributed by atoms with Gasteiger partial charge in [-0.25, -0.2) is 4.79 Å². The minimum atomic E-state index is -0.847. The monoisotopic (exact) mass is 485 g/mol. The molecular weight excluding hydrogens is 466 g/mol. The molecule has 1 saturated carbocycles. The van der Waals surface area contributed by atoms with Gasteiger partial charge in [-0.05, 0) is 75.2 Å². The molecule has 140 valence electrons. The van der Waals surface area contributed by atoms with Crippen molar-refractivity contribution in [2.45, 2.75) is 45.1 Å². The Kier molecular flexibility index (Phi) is 5.44. The third-order valence-electron chi connectivity index (χ3n) is 5.25. The molecule has 3 rings (SSSR count). The number of nitrogens with one attached hydrogen (secondary N) is 2. The molecule has 1 aromatic carbocycles. The first-order valence-corrected chi connectivity index (χ1v) is 10.2. The second-order valence-corrected chi connectivity index (χ2v) is 8.80. The average molecular weight is 487 g/mol. The number of benzene rings is 1. The zero-order valence-electron chi connectivity index (χ0n) is 14.7. The summed E-state index contributed by atoms with van der Waals surface area (Å²) in [5.74, 6) is -0.632. The first kappa shape index (κ1) is 19.4. The number of hydrogen-bond acceptors (Lipinski definition) is 3. The summed E-state index contributed by atoms with van der Waals surface area (Å²) < 4.78 is 1.46. The Balaban J connectivity index is 1.74. The van der Waals surface area contributed by atoms with Crippen LogP contribution in [0.15, 0.2) is 21.1 Å². The average Bonchev–Trinajstić information content (AvgIpc) is 2.79. The molecule has 2 fully saturated rings. The van der Waals surface area contributed by atoms with Gasteiger partial charge in [-0.3, -0.25) is 14.5 Å². The van der Waals surface area contributed by atoms with Crippen molar-refractivity contribution in [2.24, 2.45) is 5.92 Å². The van der Waals surface area contributed by atoms with Crippen LogP contribution in [0.1, 0.15) is 38.2 Å². The minimum Gasteiger partial charge on any atom is -0.323 e. The van der Waals surface area contributed by atoms with Gasteiger partial charge < -0.3 is 10.6 Å². The summed E-state index contributed by atoms with van der Waals surface area (Å²) >= 11 is 6.85. The second kappa shape index (κ2) is 7.31. The molecule has 8 heteroatoms. The Labute approximate surface area is 169 Å². The van der Waals surface area contributed by atoms with Crippen molar-refractivity contribution < 1.29 is 14.4 Å². The number of nitrogens with zero attached hydrogens (tertiary/aromatic N) is 1. The maximum Gasteiger partial charge on any atom is 0.325 e. The first-order valence-electron chi connectivity index (χ1n) is 8.64. The van der Waals surface area contributed by atoms with Crippen LogP contribution in [0.25, 0.3) is 0 Å².